The smallest absolute Gasteiger partial charge is 0.270 e. The lowest BCUT2D eigenvalue weighted by Gasteiger charge is -2.18. The predicted octanol–water partition coefficient (Wildman–Crippen LogP) is 3.04. The van der Waals surface area contributed by atoms with E-state index in [1.165, 1.54) is 12.0 Å². The van der Waals surface area contributed by atoms with E-state index in [2.05, 4.69) is 5.48 Å². The average molecular weight is 402 g/mol. The number of anilines is 1. The highest BCUT2D eigenvalue weighted by atomic mass is 16.7. The second-order valence-corrected chi connectivity index (χ2v) is 6.94. The monoisotopic (exact) mass is 402 g/mol. The molecule has 5 rings (SSSR count). The molecule has 3 aromatic carbocycles. The molecule has 1 atom stereocenters. The first-order valence-corrected chi connectivity index (χ1v) is 9.38. The molecule has 7 nitrogen and oxygen atoms in total. The van der Waals surface area contributed by atoms with E-state index in [1.54, 1.807) is 31.4 Å². The molecule has 2 amide bonds. The van der Waals surface area contributed by atoms with Gasteiger partial charge >= 0.3 is 0 Å². The summed E-state index contributed by atoms with van der Waals surface area (Å²) < 4.78 is 10.6. The van der Waals surface area contributed by atoms with Gasteiger partial charge in [0.05, 0.1) is 31.2 Å². The molecule has 2 aliphatic rings. The Bertz CT molecular complexity index is 1230. The zero-order chi connectivity index (χ0) is 20.8. The van der Waals surface area contributed by atoms with Crippen molar-refractivity contribution in [3.05, 3.63) is 71.8 Å². The van der Waals surface area contributed by atoms with Gasteiger partial charge in [0.25, 0.3) is 11.8 Å². The average Bonchev–Trinajstić information content (AvgIpc) is 3.33. The van der Waals surface area contributed by atoms with Crippen molar-refractivity contribution in [1.82, 2.24) is 5.48 Å². The molecule has 150 valence electrons. The van der Waals surface area contributed by atoms with Gasteiger partial charge in [0.1, 0.15) is 0 Å². The summed E-state index contributed by atoms with van der Waals surface area (Å²) in [6.45, 7) is 0. The van der Waals surface area contributed by atoms with Crippen LogP contribution in [0, 0.1) is 0 Å². The van der Waals surface area contributed by atoms with Crippen molar-refractivity contribution in [2.45, 2.75) is 6.10 Å². The maximum absolute atomic E-state index is 13.4. The summed E-state index contributed by atoms with van der Waals surface area (Å²) in [4.78, 5) is 33.2. The summed E-state index contributed by atoms with van der Waals surface area (Å²) >= 11 is 0. The van der Waals surface area contributed by atoms with Crippen molar-refractivity contribution in [2.75, 3.05) is 19.1 Å². The topological polar surface area (TPSA) is 77.1 Å². The molecule has 30 heavy (non-hydrogen) atoms. The normalized spacial score (nSPS) is 18.1. The Labute approximate surface area is 172 Å². The number of nitrogens with zero attached hydrogens (tertiary/aromatic N) is 1. The van der Waals surface area contributed by atoms with Crippen molar-refractivity contribution >= 4 is 34.0 Å². The number of methoxy groups -OCH3 is 2. The molecule has 0 radical (unpaired) electrons. The van der Waals surface area contributed by atoms with Gasteiger partial charge in [0.2, 0.25) is 0 Å². The maximum atomic E-state index is 13.4. The van der Waals surface area contributed by atoms with Crippen molar-refractivity contribution in [3.8, 4) is 11.5 Å². The van der Waals surface area contributed by atoms with Gasteiger partial charge in [0, 0.05) is 10.9 Å². The molecule has 0 aromatic heterocycles. The van der Waals surface area contributed by atoms with Gasteiger partial charge < -0.3 is 9.47 Å². The minimum atomic E-state index is -1.00. The number of hydrogen-bond acceptors (Lipinski definition) is 6. The number of rotatable bonds is 4. The summed E-state index contributed by atoms with van der Waals surface area (Å²) in [7, 11) is 3.08. The highest BCUT2D eigenvalue weighted by Gasteiger charge is 2.51. The third kappa shape index (κ3) is 2.56. The van der Waals surface area contributed by atoms with E-state index < -0.39 is 17.9 Å². The van der Waals surface area contributed by atoms with E-state index in [0.29, 0.717) is 28.4 Å². The summed E-state index contributed by atoms with van der Waals surface area (Å²) in [5, 5.41) is 1.77. The number of hydrogen-bond donors (Lipinski definition) is 1. The van der Waals surface area contributed by atoms with Crippen LogP contribution in [-0.4, -0.2) is 32.1 Å². The molecule has 3 aromatic rings. The fourth-order valence-corrected chi connectivity index (χ4v) is 3.93. The number of nitrogens with one attached hydrogen (secondary N) is 1. The van der Waals surface area contributed by atoms with Crippen molar-refractivity contribution in [1.29, 1.82) is 0 Å². The number of carbonyl (C=O) groups excluding carboxylic acids is 2. The molecule has 2 aliphatic heterocycles. The highest BCUT2D eigenvalue weighted by Crippen LogP contribution is 2.39. The first-order chi connectivity index (χ1) is 14.6. The summed E-state index contributed by atoms with van der Waals surface area (Å²) in [6.07, 6.45) is -1.00. The predicted molar refractivity (Wildman–Crippen MR) is 111 cm³/mol. The standard InChI is InChI=1S/C23H18N2O5/c1-28-17-11-10-14(12-18(17)29-2)20-19-21(30-24-20)23(27)25(22(19)26)16-9-5-7-13-6-3-4-8-15(13)16/h3-12,21,24H,1-2H3/t21-/m0/s1. The number of hydroxylamine groups is 1. The van der Waals surface area contributed by atoms with Gasteiger partial charge in [-0.3, -0.25) is 19.9 Å². The molecule has 1 saturated heterocycles. The van der Waals surface area contributed by atoms with Crippen LogP contribution in [0.4, 0.5) is 5.69 Å². The minimum absolute atomic E-state index is 0.278. The Kier molecular flexibility index (Phi) is 4.18. The van der Waals surface area contributed by atoms with Crippen LogP contribution in [0.25, 0.3) is 16.5 Å². The number of amides is 2. The van der Waals surface area contributed by atoms with Crippen LogP contribution < -0.4 is 19.9 Å². The van der Waals surface area contributed by atoms with E-state index in [4.69, 9.17) is 14.3 Å². The Morgan fingerprint density at radius 3 is 2.50 bits per heavy atom. The lowest BCUT2D eigenvalue weighted by molar-refractivity contribution is -0.127. The Balaban J connectivity index is 1.63. The van der Waals surface area contributed by atoms with Crippen LogP contribution in [0.1, 0.15) is 5.56 Å². The molecular weight excluding hydrogens is 384 g/mol. The lowest BCUT2D eigenvalue weighted by atomic mass is 10.0. The SMILES string of the molecule is COc1ccc(C2=C3C(=O)N(c4cccc5ccccc45)C(=O)[C@H]3ON2)cc1OC. The van der Waals surface area contributed by atoms with Crippen molar-refractivity contribution in [2.24, 2.45) is 0 Å². The van der Waals surface area contributed by atoms with Crippen LogP contribution in [0.5, 0.6) is 11.5 Å². The number of fused-ring (bicyclic) bond motifs is 2. The quantitative estimate of drug-likeness (QED) is 0.676. The van der Waals surface area contributed by atoms with Gasteiger partial charge in [-0.25, -0.2) is 4.90 Å². The van der Waals surface area contributed by atoms with E-state index in [1.807, 2.05) is 36.4 Å². The first kappa shape index (κ1) is 18.2. The van der Waals surface area contributed by atoms with E-state index in [0.717, 1.165) is 10.8 Å². The Morgan fingerprint density at radius 1 is 0.933 bits per heavy atom. The summed E-state index contributed by atoms with van der Waals surface area (Å²) in [6, 6.07) is 18.4. The largest absolute Gasteiger partial charge is 0.493 e. The van der Waals surface area contributed by atoms with Gasteiger partial charge in [-0.15, -0.1) is 0 Å². The molecule has 1 fully saturated rings. The summed E-state index contributed by atoms with van der Waals surface area (Å²) in [5.41, 5.74) is 4.67. The first-order valence-electron chi connectivity index (χ1n) is 9.38. The number of imide groups is 1. The molecule has 0 unspecified atom stereocenters. The van der Waals surface area contributed by atoms with Gasteiger partial charge in [0.15, 0.2) is 17.6 Å². The molecule has 0 aliphatic carbocycles. The van der Waals surface area contributed by atoms with Crippen LogP contribution in [-0.2, 0) is 14.4 Å². The van der Waals surface area contributed by atoms with E-state index in [9.17, 15) is 9.59 Å². The molecule has 0 bridgehead atoms. The van der Waals surface area contributed by atoms with Crippen LogP contribution in [0.2, 0.25) is 0 Å². The zero-order valence-electron chi connectivity index (χ0n) is 16.3. The van der Waals surface area contributed by atoms with Gasteiger partial charge in [-0.2, -0.15) is 0 Å². The number of carbonyl (C=O) groups is 2. The van der Waals surface area contributed by atoms with Crippen LogP contribution in [0.3, 0.4) is 0 Å². The minimum Gasteiger partial charge on any atom is -0.493 e. The lowest BCUT2D eigenvalue weighted by Crippen LogP contribution is -2.34. The molecular formula is C23H18N2O5. The molecule has 0 spiro atoms. The third-order valence-corrected chi connectivity index (χ3v) is 5.37. The fourth-order valence-electron chi connectivity index (χ4n) is 3.93. The fraction of sp³-hybridized carbons (Fsp3) is 0.130. The van der Waals surface area contributed by atoms with Crippen LogP contribution >= 0.6 is 0 Å². The number of benzene rings is 3. The van der Waals surface area contributed by atoms with Gasteiger partial charge in [-0.1, -0.05) is 36.4 Å². The Hall–Kier alpha value is -3.84. The molecule has 7 heteroatoms. The zero-order valence-corrected chi connectivity index (χ0v) is 16.3. The second kappa shape index (κ2) is 6.89. The van der Waals surface area contributed by atoms with Crippen molar-refractivity contribution in [3.63, 3.8) is 0 Å². The van der Waals surface area contributed by atoms with Crippen molar-refractivity contribution < 1.29 is 23.9 Å². The summed E-state index contributed by atoms with van der Waals surface area (Å²) in [5.74, 6) is 0.245. The molecule has 0 saturated carbocycles. The van der Waals surface area contributed by atoms with Gasteiger partial charge in [-0.05, 0) is 29.7 Å². The highest BCUT2D eigenvalue weighted by molar-refractivity contribution is 6.34. The van der Waals surface area contributed by atoms with Crippen LogP contribution in [0.15, 0.2) is 66.2 Å². The second-order valence-electron chi connectivity index (χ2n) is 6.94. The van der Waals surface area contributed by atoms with E-state index >= 15 is 0 Å². The maximum Gasteiger partial charge on any atom is 0.270 e. The number of ether oxygens (including phenoxy) is 2. The molecule has 1 N–H and O–H groups in total. The molecule has 2 heterocycles. The third-order valence-electron chi connectivity index (χ3n) is 5.37. The van der Waals surface area contributed by atoms with E-state index in [-0.39, 0.29) is 5.57 Å². The Morgan fingerprint density at radius 2 is 1.70 bits per heavy atom.